The summed E-state index contributed by atoms with van der Waals surface area (Å²) in [6, 6.07) is 10.4. The van der Waals surface area contributed by atoms with Crippen molar-refractivity contribution in [1.29, 1.82) is 0 Å². The molecule has 1 aliphatic carbocycles. The van der Waals surface area contributed by atoms with Gasteiger partial charge in [0.15, 0.2) is 5.65 Å². The fourth-order valence-electron chi connectivity index (χ4n) is 3.66. The van der Waals surface area contributed by atoms with Gasteiger partial charge in [0.2, 0.25) is 0 Å². The molecule has 3 aromatic rings. The number of fused-ring (bicyclic) bond motifs is 3. The molecule has 1 N–H and O–H groups in total. The molecular formula is C21H24N4O. The molecule has 0 aliphatic heterocycles. The lowest BCUT2D eigenvalue weighted by Gasteiger charge is -2.16. The minimum atomic E-state index is -0.0937. The van der Waals surface area contributed by atoms with E-state index < -0.39 is 0 Å². The summed E-state index contributed by atoms with van der Waals surface area (Å²) in [5, 5.41) is 7.54. The molecule has 134 valence electrons. The van der Waals surface area contributed by atoms with Crippen LogP contribution in [-0.2, 0) is 19.3 Å². The number of rotatable bonds is 5. The molecule has 1 aliphatic rings. The van der Waals surface area contributed by atoms with Crippen molar-refractivity contribution in [2.75, 3.05) is 0 Å². The van der Waals surface area contributed by atoms with Crippen molar-refractivity contribution in [3.63, 3.8) is 0 Å². The third-order valence-corrected chi connectivity index (χ3v) is 5.15. The third-order valence-electron chi connectivity index (χ3n) is 5.15. The first-order valence-corrected chi connectivity index (χ1v) is 9.41. The van der Waals surface area contributed by atoms with Gasteiger partial charge in [-0.05, 0) is 56.6 Å². The molecule has 0 saturated heterocycles. The molecule has 0 bridgehead atoms. The van der Waals surface area contributed by atoms with E-state index in [0.717, 1.165) is 25.7 Å². The Bertz CT molecular complexity index is 916. The summed E-state index contributed by atoms with van der Waals surface area (Å²) in [5.74, 6) is -0.0937. The van der Waals surface area contributed by atoms with Crippen molar-refractivity contribution in [2.24, 2.45) is 0 Å². The van der Waals surface area contributed by atoms with Crippen molar-refractivity contribution in [3.8, 4) is 0 Å². The highest BCUT2D eigenvalue weighted by molar-refractivity contribution is 5.99. The Labute approximate surface area is 153 Å². The van der Waals surface area contributed by atoms with Crippen molar-refractivity contribution in [3.05, 3.63) is 65.1 Å². The largest absolute Gasteiger partial charge is 0.349 e. The number of nitrogens with one attached hydrogen (secondary N) is 1. The van der Waals surface area contributed by atoms with Crippen LogP contribution >= 0.6 is 0 Å². The van der Waals surface area contributed by atoms with E-state index >= 15 is 0 Å². The van der Waals surface area contributed by atoms with Crippen LogP contribution in [0.5, 0.6) is 0 Å². The number of hydrogen-bond acceptors (Lipinski definition) is 3. The summed E-state index contributed by atoms with van der Waals surface area (Å²) >= 11 is 0. The molecule has 0 fully saturated rings. The van der Waals surface area contributed by atoms with Crippen LogP contribution in [0.4, 0.5) is 0 Å². The summed E-state index contributed by atoms with van der Waals surface area (Å²) in [5.41, 5.74) is 4.98. The lowest BCUT2D eigenvalue weighted by atomic mass is 9.97. The van der Waals surface area contributed by atoms with E-state index in [9.17, 15) is 4.79 Å². The normalized spacial score (nSPS) is 14.8. The molecule has 0 radical (unpaired) electrons. The molecule has 0 unspecified atom stereocenters. The Balaban J connectivity index is 1.46. The fourth-order valence-corrected chi connectivity index (χ4v) is 3.66. The van der Waals surface area contributed by atoms with E-state index in [4.69, 9.17) is 0 Å². The Morgan fingerprint density at radius 2 is 2.00 bits per heavy atom. The van der Waals surface area contributed by atoms with Gasteiger partial charge in [0.05, 0.1) is 6.20 Å². The highest BCUT2D eigenvalue weighted by Gasteiger charge is 2.20. The van der Waals surface area contributed by atoms with Gasteiger partial charge < -0.3 is 5.32 Å². The Hall–Kier alpha value is -2.69. The minimum Gasteiger partial charge on any atom is -0.349 e. The van der Waals surface area contributed by atoms with E-state index in [0.29, 0.717) is 11.2 Å². The first kappa shape index (κ1) is 16.8. The maximum Gasteiger partial charge on any atom is 0.256 e. The molecule has 1 aromatic carbocycles. The van der Waals surface area contributed by atoms with Gasteiger partial charge in [-0.3, -0.25) is 4.79 Å². The maximum atomic E-state index is 12.7. The number of carbonyl (C=O) groups excluding carboxylic acids is 1. The quantitative estimate of drug-likeness (QED) is 0.769. The molecule has 2 aromatic heterocycles. The number of carbonyl (C=O) groups is 1. The molecular weight excluding hydrogens is 324 g/mol. The molecule has 1 amide bonds. The van der Waals surface area contributed by atoms with Gasteiger partial charge in [-0.2, -0.15) is 5.10 Å². The number of amides is 1. The van der Waals surface area contributed by atoms with Crippen molar-refractivity contribution < 1.29 is 4.79 Å². The second kappa shape index (κ2) is 7.28. The summed E-state index contributed by atoms with van der Waals surface area (Å²) < 4.78 is 1.86. The molecule has 2 heterocycles. The average Bonchev–Trinajstić information content (AvgIpc) is 3.12. The zero-order valence-corrected chi connectivity index (χ0v) is 15.1. The van der Waals surface area contributed by atoms with E-state index in [-0.39, 0.29) is 11.9 Å². The van der Waals surface area contributed by atoms with Crippen molar-refractivity contribution in [2.45, 2.75) is 51.5 Å². The monoisotopic (exact) mass is 348 g/mol. The standard InChI is InChI=1S/C21H24N4O/c1-15(11-12-16-7-3-2-4-8-16)24-21(26)18-14-23-25-19-10-6-5-9-17(19)13-22-20(18)25/h2-4,7-8,13-15H,5-6,9-12H2,1H3,(H,24,26)/t15-/m0/s1. The van der Waals surface area contributed by atoms with Crippen LogP contribution < -0.4 is 5.32 Å². The van der Waals surface area contributed by atoms with Crippen LogP contribution in [0.15, 0.2) is 42.7 Å². The summed E-state index contributed by atoms with van der Waals surface area (Å²) in [4.78, 5) is 17.2. The van der Waals surface area contributed by atoms with Gasteiger partial charge in [0.25, 0.3) is 5.91 Å². The highest BCUT2D eigenvalue weighted by Crippen LogP contribution is 2.22. The Morgan fingerprint density at radius 1 is 1.19 bits per heavy atom. The predicted octanol–water partition coefficient (Wildman–Crippen LogP) is 3.36. The molecule has 1 atom stereocenters. The van der Waals surface area contributed by atoms with Crippen molar-refractivity contribution in [1.82, 2.24) is 19.9 Å². The third kappa shape index (κ3) is 3.34. The van der Waals surface area contributed by atoms with E-state index in [2.05, 4.69) is 27.5 Å². The van der Waals surface area contributed by atoms with Gasteiger partial charge >= 0.3 is 0 Å². The number of benzene rings is 1. The second-order valence-electron chi connectivity index (χ2n) is 7.13. The zero-order valence-electron chi connectivity index (χ0n) is 15.1. The number of aromatic nitrogens is 3. The van der Waals surface area contributed by atoms with Crippen molar-refractivity contribution >= 4 is 11.6 Å². The van der Waals surface area contributed by atoms with Gasteiger partial charge in [-0.15, -0.1) is 0 Å². The number of aryl methyl sites for hydroxylation is 3. The predicted molar refractivity (Wildman–Crippen MR) is 101 cm³/mol. The van der Waals surface area contributed by atoms with E-state index in [1.54, 1.807) is 6.20 Å². The molecule has 5 heteroatoms. The first-order chi connectivity index (χ1) is 12.7. The van der Waals surface area contributed by atoms with Gasteiger partial charge in [-0.25, -0.2) is 9.50 Å². The van der Waals surface area contributed by atoms with E-state index in [1.165, 1.54) is 29.7 Å². The first-order valence-electron chi connectivity index (χ1n) is 9.41. The summed E-state index contributed by atoms with van der Waals surface area (Å²) in [6.45, 7) is 2.04. The lowest BCUT2D eigenvalue weighted by molar-refractivity contribution is 0.0940. The molecule has 4 rings (SSSR count). The van der Waals surface area contributed by atoms with E-state index in [1.807, 2.05) is 35.8 Å². The zero-order chi connectivity index (χ0) is 17.9. The van der Waals surface area contributed by atoms with Crippen LogP contribution in [-0.4, -0.2) is 26.5 Å². The van der Waals surface area contributed by atoms with Crippen LogP contribution in [0.3, 0.4) is 0 Å². The maximum absolute atomic E-state index is 12.7. The second-order valence-corrected chi connectivity index (χ2v) is 7.13. The van der Waals surface area contributed by atoms with Gasteiger partial charge in [-0.1, -0.05) is 30.3 Å². The fraction of sp³-hybridized carbons (Fsp3) is 0.381. The minimum absolute atomic E-state index is 0.0929. The topological polar surface area (TPSA) is 59.3 Å². The molecule has 0 saturated carbocycles. The number of hydrogen-bond donors (Lipinski definition) is 1. The Morgan fingerprint density at radius 3 is 2.85 bits per heavy atom. The Kier molecular flexibility index (Phi) is 4.69. The molecule has 26 heavy (non-hydrogen) atoms. The summed E-state index contributed by atoms with van der Waals surface area (Å²) in [6.07, 6.45) is 9.84. The number of nitrogens with zero attached hydrogens (tertiary/aromatic N) is 3. The summed E-state index contributed by atoms with van der Waals surface area (Å²) in [7, 11) is 0. The van der Waals surface area contributed by atoms with Crippen LogP contribution in [0.25, 0.3) is 5.65 Å². The molecule has 0 spiro atoms. The van der Waals surface area contributed by atoms with Crippen LogP contribution in [0.1, 0.15) is 53.4 Å². The SMILES string of the molecule is C[C@@H](CCc1ccccc1)NC(=O)c1cnn2c3c(cnc12)CCCC3. The van der Waals surface area contributed by atoms with Gasteiger partial charge in [0.1, 0.15) is 5.56 Å². The highest BCUT2D eigenvalue weighted by atomic mass is 16.1. The average molecular weight is 348 g/mol. The molecule has 5 nitrogen and oxygen atoms in total. The van der Waals surface area contributed by atoms with Gasteiger partial charge in [0, 0.05) is 17.9 Å². The van der Waals surface area contributed by atoms with Crippen LogP contribution in [0, 0.1) is 0 Å². The smallest absolute Gasteiger partial charge is 0.256 e. The van der Waals surface area contributed by atoms with Crippen LogP contribution in [0.2, 0.25) is 0 Å². The lowest BCUT2D eigenvalue weighted by Crippen LogP contribution is -2.33.